The number of furan rings is 1. The van der Waals surface area contributed by atoms with Crippen molar-refractivity contribution in [3.05, 3.63) is 23.7 Å². The second-order valence-electron chi connectivity index (χ2n) is 4.43. The van der Waals surface area contributed by atoms with E-state index in [1.165, 1.54) is 0 Å². The standard InChI is InChI=1S/C12H19NO3/c14-8-10-3-5-13(6-4-10)7-11-1-2-12(9-15)16-11/h1-2,10,14-15H,3-9H2. The van der Waals surface area contributed by atoms with Crippen molar-refractivity contribution in [3.8, 4) is 0 Å². The van der Waals surface area contributed by atoms with Crippen LogP contribution in [0.4, 0.5) is 0 Å². The van der Waals surface area contributed by atoms with Crippen molar-refractivity contribution in [2.45, 2.75) is 26.0 Å². The van der Waals surface area contributed by atoms with E-state index >= 15 is 0 Å². The summed E-state index contributed by atoms with van der Waals surface area (Å²) in [5.74, 6) is 2.01. The number of hydrogen-bond donors (Lipinski definition) is 2. The molecule has 0 aliphatic carbocycles. The van der Waals surface area contributed by atoms with E-state index in [4.69, 9.17) is 14.6 Å². The quantitative estimate of drug-likeness (QED) is 0.802. The Labute approximate surface area is 95.5 Å². The van der Waals surface area contributed by atoms with E-state index in [-0.39, 0.29) is 6.61 Å². The molecule has 4 heteroatoms. The van der Waals surface area contributed by atoms with Gasteiger partial charge in [0.25, 0.3) is 0 Å². The first-order valence-corrected chi connectivity index (χ1v) is 5.83. The zero-order valence-corrected chi connectivity index (χ0v) is 9.43. The Bertz CT molecular complexity index is 316. The van der Waals surface area contributed by atoms with Crippen molar-refractivity contribution >= 4 is 0 Å². The number of nitrogens with zero attached hydrogens (tertiary/aromatic N) is 1. The van der Waals surface area contributed by atoms with Gasteiger partial charge in [-0.25, -0.2) is 0 Å². The van der Waals surface area contributed by atoms with Crippen LogP contribution in [-0.4, -0.2) is 34.8 Å². The van der Waals surface area contributed by atoms with Gasteiger partial charge in [-0.3, -0.25) is 4.90 Å². The van der Waals surface area contributed by atoms with Crippen molar-refractivity contribution in [3.63, 3.8) is 0 Å². The molecule has 1 fully saturated rings. The van der Waals surface area contributed by atoms with Gasteiger partial charge in [-0.1, -0.05) is 0 Å². The minimum Gasteiger partial charge on any atom is -0.462 e. The molecule has 2 N–H and O–H groups in total. The summed E-state index contributed by atoms with van der Waals surface area (Å²) in [4.78, 5) is 2.33. The van der Waals surface area contributed by atoms with Crippen molar-refractivity contribution in [2.75, 3.05) is 19.7 Å². The summed E-state index contributed by atoms with van der Waals surface area (Å²) in [6, 6.07) is 3.74. The van der Waals surface area contributed by atoms with Crippen molar-refractivity contribution in [1.82, 2.24) is 4.90 Å². The Morgan fingerprint density at radius 2 is 1.88 bits per heavy atom. The summed E-state index contributed by atoms with van der Waals surface area (Å²) >= 11 is 0. The monoisotopic (exact) mass is 225 g/mol. The minimum absolute atomic E-state index is 0.0351. The van der Waals surface area contributed by atoms with Crippen molar-refractivity contribution in [1.29, 1.82) is 0 Å². The van der Waals surface area contributed by atoms with Gasteiger partial charge in [0.2, 0.25) is 0 Å². The second-order valence-corrected chi connectivity index (χ2v) is 4.43. The highest BCUT2D eigenvalue weighted by molar-refractivity contribution is 5.06. The molecule has 0 bridgehead atoms. The minimum atomic E-state index is -0.0351. The molecule has 1 saturated heterocycles. The van der Waals surface area contributed by atoms with Gasteiger partial charge in [0.1, 0.15) is 18.1 Å². The Morgan fingerprint density at radius 1 is 1.19 bits per heavy atom. The topological polar surface area (TPSA) is 56.8 Å². The van der Waals surface area contributed by atoms with Gasteiger partial charge in [-0.15, -0.1) is 0 Å². The lowest BCUT2D eigenvalue weighted by Crippen LogP contribution is -2.34. The molecule has 90 valence electrons. The summed E-state index contributed by atoms with van der Waals surface area (Å²) in [5, 5.41) is 17.9. The normalized spacial score (nSPS) is 19.1. The molecular formula is C12H19NO3. The zero-order chi connectivity index (χ0) is 11.4. The lowest BCUT2D eigenvalue weighted by Gasteiger charge is -2.30. The van der Waals surface area contributed by atoms with E-state index in [0.717, 1.165) is 38.2 Å². The Morgan fingerprint density at radius 3 is 2.44 bits per heavy atom. The number of aliphatic hydroxyl groups is 2. The summed E-state index contributed by atoms with van der Waals surface area (Å²) < 4.78 is 5.45. The largest absolute Gasteiger partial charge is 0.462 e. The molecule has 0 spiro atoms. The first kappa shape index (κ1) is 11.6. The van der Waals surface area contributed by atoms with Gasteiger partial charge in [-0.05, 0) is 44.0 Å². The maximum absolute atomic E-state index is 9.04. The predicted molar refractivity (Wildman–Crippen MR) is 59.7 cm³/mol. The van der Waals surface area contributed by atoms with Crippen molar-refractivity contribution in [2.24, 2.45) is 5.92 Å². The van der Waals surface area contributed by atoms with E-state index in [9.17, 15) is 0 Å². The van der Waals surface area contributed by atoms with E-state index < -0.39 is 0 Å². The summed E-state index contributed by atoms with van der Waals surface area (Å²) in [6.45, 7) is 3.11. The predicted octanol–water partition coefficient (Wildman–Crippen LogP) is 0.976. The number of piperidine rings is 1. The van der Waals surface area contributed by atoms with E-state index in [2.05, 4.69) is 4.90 Å². The number of aliphatic hydroxyl groups excluding tert-OH is 2. The van der Waals surface area contributed by atoms with Gasteiger partial charge in [0.15, 0.2) is 0 Å². The molecule has 0 saturated carbocycles. The first-order chi connectivity index (χ1) is 7.81. The SMILES string of the molecule is OCc1ccc(CN2CCC(CO)CC2)o1. The zero-order valence-electron chi connectivity index (χ0n) is 9.43. The summed E-state index contributed by atoms with van der Waals surface area (Å²) in [5.41, 5.74) is 0. The van der Waals surface area contributed by atoms with E-state index in [1.54, 1.807) is 0 Å². The number of likely N-dealkylation sites (tertiary alicyclic amines) is 1. The molecule has 1 aromatic heterocycles. The third-order valence-electron chi connectivity index (χ3n) is 3.22. The molecule has 2 rings (SSSR count). The smallest absolute Gasteiger partial charge is 0.129 e. The average Bonchev–Trinajstić information content (AvgIpc) is 2.78. The molecule has 2 heterocycles. The lowest BCUT2D eigenvalue weighted by atomic mass is 9.98. The van der Waals surface area contributed by atoms with Gasteiger partial charge in [0.05, 0.1) is 6.54 Å². The van der Waals surface area contributed by atoms with Gasteiger partial charge in [0, 0.05) is 6.61 Å². The highest BCUT2D eigenvalue weighted by Crippen LogP contribution is 2.19. The summed E-state index contributed by atoms with van der Waals surface area (Å²) in [6.07, 6.45) is 2.12. The fraction of sp³-hybridized carbons (Fsp3) is 0.667. The third-order valence-corrected chi connectivity index (χ3v) is 3.22. The number of hydrogen-bond acceptors (Lipinski definition) is 4. The molecule has 0 aromatic carbocycles. The van der Waals surface area contributed by atoms with Crippen LogP contribution in [0.2, 0.25) is 0 Å². The average molecular weight is 225 g/mol. The van der Waals surface area contributed by atoms with E-state index in [0.29, 0.717) is 18.3 Å². The first-order valence-electron chi connectivity index (χ1n) is 5.83. The fourth-order valence-corrected chi connectivity index (χ4v) is 2.14. The molecule has 0 radical (unpaired) electrons. The van der Waals surface area contributed by atoms with Crippen LogP contribution in [0.5, 0.6) is 0 Å². The van der Waals surface area contributed by atoms with Crippen LogP contribution in [0.25, 0.3) is 0 Å². The van der Waals surface area contributed by atoms with Crippen LogP contribution in [0.1, 0.15) is 24.4 Å². The highest BCUT2D eigenvalue weighted by Gasteiger charge is 2.19. The van der Waals surface area contributed by atoms with Crippen LogP contribution in [-0.2, 0) is 13.2 Å². The Balaban J connectivity index is 1.82. The number of rotatable bonds is 4. The molecule has 0 amide bonds. The Kier molecular flexibility index (Phi) is 3.98. The molecule has 0 atom stereocenters. The summed E-state index contributed by atoms with van der Waals surface area (Å²) in [7, 11) is 0. The van der Waals surface area contributed by atoms with Crippen LogP contribution in [0.3, 0.4) is 0 Å². The molecule has 1 aliphatic heterocycles. The molecule has 1 aromatic rings. The van der Waals surface area contributed by atoms with Gasteiger partial charge < -0.3 is 14.6 Å². The van der Waals surface area contributed by atoms with Crippen LogP contribution < -0.4 is 0 Å². The molecular weight excluding hydrogens is 206 g/mol. The van der Waals surface area contributed by atoms with Gasteiger partial charge in [-0.2, -0.15) is 0 Å². The van der Waals surface area contributed by atoms with Crippen LogP contribution >= 0.6 is 0 Å². The van der Waals surface area contributed by atoms with Crippen LogP contribution in [0.15, 0.2) is 16.5 Å². The molecule has 16 heavy (non-hydrogen) atoms. The fourth-order valence-electron chi connectivity index (χ4n) is 2.14. The third kappa shape index (κ3) is 2.84. The maximum atomic E-state index is 9.04. The lowest BCUT2D eigenvalue weighted by molar-refractivity contribution is 0.121. The molecule has 4 nitrogen and oxygen atoms in total. The van der Waals surface area contributed by atoms with Crippen molar-refractivity contribution < 1.29 is 14.6 Å². The van der Waals surface area contributed by atoms with Gasteiger partial charge >= 0.3 is 0 Å². The highest BCUT2D eigenvalue weighted by atomic mass is 16.4. The van der Waals surface area contributed by atoms with E-state index in [1.807, 2.05) is 12.1 Å². The maximum Gasteiger partial charge on any atom is 0.129 e. The van der Waals surface area contributed by atoms with Crippen LogP contribution in [0, 0.1) is 5.92 Å². The Hall–Kier alpha value is -0.840. The molecule has 1 aliphatic rings. The second kappa shape index (κ2) is 5.48. The molecule has 0 unspecified atom stereocenters.